The fourth-order valence-corrected chi connectivity index (χ4v) is 7.04. The minimum atomic E-state index is -0.210. The predicted octanol–water partition coefficient (Wildman–Crippen LogP) is 9.39. The van der Waals surface area contributed by atoms with Gasteiger partial charge in [0.15, 0.2) is 11.6 Å². The molecule has 188 valence electrons. The Bertz CT molecular complexity index is 2020. The molecule has 3 nitrogen and oxygen atoms in total. The molecule has 0 aromatic heterocycles. The molecule has 0 saturated heterocycles. The summed E-state index contributed by atoms with van der Waals surface area (Å²) in [4.78, 5) is 31.3. The van der Waals surface area contributed by atoms with Gasteiger partial charge in [-0.15, -0.1) is 0 Å². The third-order valence-electron chi connectivity index (χ3n) is 7.73. The summed E-state index contributed by atoms with van der Waals surface area (Å²) in [6, 6.07) is 40.8. The van der Waals surface area contributed by atoms with Crippen LogP contribution in [0.2, 0.25) is 0 Å². The molecule has 1 heterocycles. The zero-order valence-electron chi connectivity index (χ0n) is 21.3. The summed E-state index contributed by atoms with van der Waals surface area (Å²) in [5, 5.41) is 4.31. The summed E-state index contributed by atoms with van der Waals surface area (Å²) in [6.45, 7) is 0. The van der Waals surface area contributed by atoms with E-state index < -0.39 is 0 Å². The minimum absolute atomic E-state index is 0.210. The highest BCUT2D eigenvalue weighted by molar-refractivity contribution is 8.00. The van der Waals surface area contributed by atoms with Crippen LogP contribution in [0.3, 0.4) is 0 Å². The van der Waals surface area contributed by atoms with Gasteiger partial charge in [0.25, 0.3) is 0 Å². The van der Waals surface area contributed by atoms with E-state index in [1.807, 2.05) is 48.5 Å². The number of benzene rings is 6. The van der Waals surface area contributed by atoms with Gasteiger partial charge in [-0.05, 0) is 75.6 Å². The van der Waals surface area contributed by atoms with Crippen LogP contribution < -0.4 is 4.90 Å². The van der Waals surface area contributed by atoms with Crippen molar-refractivity contribution in [3.05, 3.63) is 144 Å². The average molecular weight is 532 g/mol. The van der Waals surface area contributed by atoms with Crippen LogP contribution >= 0.6 is 11.8 Å². The standard InChI is InChI=1S/C36H21NO2S/c38-34-28-20-24-9-4-5-10-25(24)21-29(28)35(39)30(34)18-22-14-16-31-33(19-22)40-36-27-13-7-6-8-23(27)15-17-32(36)37(31)26-11-2-1-3-12-26/h1-21H. The van der Waals surface area contributed by atoms with Crippen LogP contribution in [0.1, 0.15) is 26.3 Å². The predicted molar refractivity (Wildman–Crippen MR) is 163 cm³/mol. The van der Waals surface area contributed by atoms with Crippen molar-refractivity contribution in [1.82, 2.24) is 0 Å². The van der Waals surface area contributed by atoms with Crippen molar-refractivity contribution in [2.24, 2.45) is 0 Å². The molecule has 0 N–H and O–H groups in total. The van der Waals surface area contributed by atoms with Crippen molar-refractivity contribution in [2.75, 3.05) is 4.90 Å². The molecule has 1 aliphatic carbocycles. The lowest BCUT2D eigenvalue weighted by atomic mass is 10.0. The van der Waals surface area contributed by atoms with Gasteiger partial charge in [0.05, 0.1) is 16.9 Å². The number of allylic oxidation sites excluding steroid dienone is 1. The molecule has 0 bridgehead atoms. The van der Waals surface area contributed by atoms with Crippen molar-refractivity contribution in [3.8, 4) is 0 Å². The van der Waals surface area contributed by atoms with Gasteiger partial charge in [0.2, 0.25) is 0 Å². The molecule has 0 spiro atoms. The number of fused-ring (bicyclic) bond motifs is 6. The van der Waals surface area contributed by atoms with Crippen LogP contribution in [0.4, 0.5) is 17.1 Å². The molecule has 6 aromatic carbocycles. The number of carbonyl (C=O) groups is 2. The Hall–Kier alpha value is -4.93. The van der Waals surface area contributed by atoms with E-state index in [1.54, 1.807) is 17.8 Å². The van der Waals surface area contributed by atoms with Crippen molar-refractivity contribution < 1.29 is 9.59 Å². The lowest BCUT2D eigenvalue weighted by molar-refractivity contribution is 0.0990. The maximum Gasteiger partial charge on any atom is 0.197 e. The normalized spacial score (nSPS) is 13.9. The van der Waals surface area contributed by atoms with Crippen molar-refractivity contribution in [2.45, 2.75) is 9.79 Å². The Morgan fingerprint density at radius 3 is 1.93 bits per heavy atom. The zero-order valence-corrected chi connectivity index (χ0v) is 22.1. The van der Waals surface area contributed by atoms with Gasteiger partial charge < -0.3 is 4.90 Å². The van der Waals surface area contributed by atoms with E-state index in [0.717, 1.165) is 38.3 Å². The van der Waals surface area contributed by atoms with Crippen molar-refractivity contribution in [3.63, 3.8) is 0 Å². The number of nitrogens with zero attached hydrogens (tertiary/aromatic N) is 1. The lowest BCUT2D eigenvalue weighted by Crippen LogP contribution is -2.15. The van der Waals surface area contributed by atoms with Gasteiger partial charge >= 0.3 is 0 Å². The quantitative estimate of drug-likeness (QED) is 0.164. The van der Waals surface area contributed by atoms with Gasteiger partial charge in [-0.3, -0.25) is 9.59 Å². The van der Waals surface area contributed by atoms with E-state index >= 15 is 0 Å². The number of carbonyl (C=O) groups excluding carboxylic acids is 2. The van der Waals surface area contributed by atoms with E-state index in [1.165, 1.54) is 15.7 Å². The fourth-order valence-electron chi connectivity index (χ4n) is 5.80. The van der Waals surface area contributed by atoms with Crippen LogP contribution in [0.15, 0.2) is 137 Å². The van der Waals surface area contributed by atoms with Gasteiger partial charge in [-0.1, -0.05) is 90.6 Å². The Morgan fingerprint density at radius 2 is 1.20 bits per heavy atom. The minimum Gasteiger partial charge on any atom is -0.308 e. The zero-order chi connectivity index (χ0) is 26.8. The summed E-state index contributed by atoms with van der Waals surface area (Å²) in [5.74, 6) is -0.420. The topological polar surface area (TPSA) is 37.4 Å². The number of hydrogen-bond donors (Lipinski definition) is 0. The third-order valence-corrected chi connectivity index (χ3v) is 8.91. The van der Waals surface area contributed by atoms with Crippen LogP contribution in [-0.4, -0.2) is 11.6 Å². The smallest absolute Gasteiger partial charge is 0.197 e. The second kappa shape index (κ2) is 8.80. The van der Waals surface area contributed by atoms with E-state index in [0.29, 0.717) is 11.1 Å². The van der Waals surface area contributed by atoms with Crippen molar-refractivity contribution >= 4 is 68.0 Å². The first-order valence-electron chi connectivity index (χ1n) is 13.2. The first-order chi connectivity index (χ1) is 19.7. The molecule has 1 aliphatic heterocycles. The summed E-state index contributed by atoms with van der Waals surface area (Å²) >= 11 is 1.73. The molecule has 0 atom stereocenters. The monoisotopic (exact) mass is 531 g/mol. The SMILES string of the molecule is O=C1C(=Cc2ccc3c(c2)Sc2c(ccc4ccccc24)N3c2ccccc2)C(=O)c2cc3ccccc3cc21. The molecule has 0 fully saturated rings. The number of rotatable bonds is 2. The molecule has 8 rings (SSSR count). The molecule has 6 aromatic rings. The highest BCUT2D eigenvalue weighted by Gasteiger charge is 2.34. The first kappa shape index (κ1) is 23.0. The molecule has 0 amide bonds. The average Bonchev–Trinajstić information content (AvgIpc) is 3.23. The summed E-state index contributed by atoms with van der Waals surface area (Å²) in [6.07, 6.45) is 1.75. The summed E-state index contributed by atoms with van der Waals surface area (Å²) < 4.78 is 0. The molecular formula is C36H21NO2S. The maximum absolute atomic E-state index is 13.4. The van der Waals surface area contributed by atoms with Gasteiger partial charge in [-0.2, -0.15) is 0 Å². The van der Waals surface area contributed by atoms with E-state index in [4.69, 9.17) is 0 Å². The number of Topliss-reactive ketones (excluding diaryl/α,β-unsaturated/α-hetero) is 2. The summed E-state index contributed by atoms with van der Waals surface area (Å²) in [5.41, 5.74) is 5.30. The maximum atomic E-state index is 13.4. The van der Waals surface area contributed by atoms with Crippen LogP contribution in [0, 0.1) is 0 Å². The second-order valence-corrected chi connectivity index (χ2v) is 11.1. The van der Waals surface area contributed by atoms with Gasteiger partial charge in [0, 0.05) is 26.6 Å². The lowest BCUT2D eigenvalue weighted by Gasteiger charge is -2.33. The van der Waals surface area contributed by atoms with Crippen LogP contribution in [-0.2, 0) is 0 Å². The molecule has 0 unspecified atom stereocenters. The Morgan fingerprint density at radius 1 is 0.575 bits per heavy atom. The molecule has 4 heteroatoms. The molecule has 2 aliphatic rings. The Kier molecular flexibility index (Phi) is 5.06. The highest BCUT2D eigenvalue weighted by atomic mass is 32.2. The number of para-hydroxylation sites is 1. The molecular weight excluding hydrogens is 510 g/mol. The van der Waals surface area contributed by atoms with E-state index in [9.17, 15) is 9.59 Å². The number of anilines is 3. The van der Waals surface area contributed by atoms with Gasteiger partial charge in [-0.25, -0.2) is 0 Å². The first-order valence-corrected chi connectivity index (χ1v) is 14.0. The molecule has 40 heavy (non-hydrogen) atoms. The summed E-state index contributed by atoms with van der Waals surface area (Å²) in [7, 11) is 0. The Balaban J connectivity index is 1.26. The highest BCUT2D eigenvalue weighted by Crippen LogP contribution is 2.53. The second-order valence-electron chi connectivity index (χ2n) is 10.1. The van der Waals surface area contributed by atoms with Gasteiger partial charge in [0.1, 0.15) is 0 Å². The number of hydrogen-bond acceptors (Lipinski definition) is 4. The molecule has 0 saturated carbocycles. The Labute approximate surface area is 235 Å². The largest absolute Gasteiger partial charge is 0.308 e. The van der Waals surface area contributed by atoms with Crippen LogP contribution in [0.5, 0.6) is 0 Å². The van der Waals surface area contributed by atoms with Crippen LogP contribution in [0.25, 0.3) is 27.6 Å². The molecule has 0 radical (unpaired) electrons. The fraction of sp³-hybridized carbons (Fsp3) is 0. The van der Waals surface area contributed by atoms with E-state index in [-0.39, 0.29) is 17.1 Å². The van der Waals surface area contributed by atoms with E-state index in [2.05, 4.69) is 77.7 Å². The third kappa shape index (κ3) is 3.47. The van der Waals surface area contributed by atoms with Crippen molar-refractivity contribution in [1.29, 1.82) is 0 Å². The number of ketones is 2.